The maximum absolute atomic E-state index is 13.1. The van der Waals surface area contributed by atoms with E-state index in [1.807, 2.05) is 36.0 Å². The van der Waals surface area contributed by atoms with Gasteiger partial charge in [-0.25, -0.2) is 4.68 Å². The largest absolute Gasteiger partial charge is 0.480 e. The molecular weight excluding hydrogens is 396 g/mol. The normalized spacial score (nSPS) is 14.5. The third-order valence-corrected chi connectivity index (χ3v) is 5.30. The monoisotopic (exact) mass is 422 g/mol. The number of anilines is 1. The number of methoxy groups -OCH3 is 1. The molecule has 0 radical (unpaired) electrons. The lowest BCUT2D eigenvalue weighted by molar-refractivity contribution is 0.0657. The van der Waals surface area contributed by atoms with Crippen molar-refractivity contribution in [3.63, 3.8) is 0 Å². The van der Waals surface area contributed by atoms with E-state index in [1.54, 1.807) is 29.1 Å². The van der Waals surface area contributed by atoms with Crippen molar-refractivity contribution in [1.82, 2.24) is 34.8 Å². The van der Waals surface area contributed by atoms with Crippen LogP contribution in [0, 0.1) is 0 Å². The van der Waals surface area contributed by atoms with Crippen LogP contribution in [0.2, 0.25) is 0 Å². The fourth-order valence-electron chi connectivity index (χ4n) is 3.35. The number of ether oxygens (including phenoxy) is 1. The number of nitrogens with zero attached hydrogens (tertiary/aromatic N) is 8. The molecule has 10 nitrogen and oxygen atoms in total. The molecule has 0 unspecified atom stereocenters. The zero-order valence-corrected chi connectivity index (χ0v) is 18.2. The van der Waals surface area contributed by atoms with Crippen LogP contribution >= 0.6 is 0 Å². The Labute approximate surface area is 181 Å². The summed E-state index contributed by atoms with van der Waals surface area (Å²) in [5.41, 5.74) is 2.69. The van der Waals surface area contributed by atoms with E-state index in [1.165, 1.54) is 7.11 Å². The Hall–Kier alpha value is -3.53. The highest BCUT2D eigenvalue weighted by Crippen LogP contribution is 2.24. The number of piperazine rings is 1. The van der Waals surface area contributed by atoms with Gasteiger partial charge in [-0.3, -0.25) is 9.78 Å². The SMILES string of the molecule is COc1ccc(-n2nc(C(=O)N3CCN(C)CC3)cc2-c2ccc(N(C)C)cn2)nn1. The number of aromatic nitrogens is 5. The summed E-state index contributed by atoms with van der Waals surface area (Å²) in [6.07, 6.45) is 1.79. The maximum atomic E-state index is 13.1. The lowest BCUT2D eigenvalue weighted by Crippen LogP contribution is -2.47. The number of hydrogen-bond acceptors (Lipinski definition) is 8. The molecule has 162 valence electrons. The number of amides is 1. The van der Waals surface area contributed by atoms with E-state index in [-0.39, 0.29) is 5.91 Å². The molecular formula is C21H26N8O2. The molecule has 3 aromatic heterocycles. The first-order chi connectivity index (χ1) is 15.0. The molecule has 0 spiro atoms. The van der Waals surface area contributed by atoms with Crippen LogP contribution in [0.1, 0.15) is 10.5 Å². The van der Waals surface area contributed by atoms with Crippen molar-refractivity contribution in [2.75, 3.05) is 59.3 Å². The molecule has 1 aliphatic rings. The van der Waals surface area contributed by atoms with Crippen molar-refractivity contribution in [2.24, 2.45) is 0 Å². The Morgan fingerprint density at radius 3 is 2.42 bits per heavy atom. The van der Waals surface area contributed by atoms with Crippen LogP contribution in [-0.2, 0) is 0 Å². The highest BCUT2D eigenvalue weighted by Gasteiger charge is 2.25. The lowest BCUT2D eigenvalue weighted by Gasteiger charge is -2.31. The summed E-state index contributed by atoms with van der Waals surface area (Å²) >= 11 is 0. The molecule has 10 heteroatoms. The second-order valence-electron chi connectivity index (χ2n) is 7.65. The van der Waals surface area contributed by atoms with Gasteiger partial charge in [0.1, 0.15) is 0 Å². The molecule has 0 saturated carbocycles. The minimum absolute atomic E-state index is 0.0977. The Morgan fingerprint density at radius 2 is 1.84 bits per heavy atom. The summed E-state index contributed by atoms with van der Waals surface area (Å²) in [6, 6.07) is 9.11. The Bertz CT molecular complexity index is 1040. The number of carbonyl (C=O) groups is 1. The molecule has 0 aromatic carbocycles. The molecule has 0 atom stereocenters. The maximum Gasteiger partial charge on any atom is 0.274 e. The predicted molar refractivity (Wildman–Crippen MR) is 117 cm³/mol. The first kappa shape index (κ1) is 20.7. The summed E-state index contributed by atoms with van der Waals surface area (Å²) in [5.74, 6) is 0.783. The van der Waals surface area contributed by atoms with Crippen molar-refractivity contribution < 1.29 is 9.53 Å². The van der Waals surface area contributed by atoms with E-state index in [2.05, 4.69) is 32.2 Å². The summed E-state index contributed by atoms with van der Waals surface area (Å²) < 4.78 is 6.71. The highest BCUT2D eigenvalue weighted by molar-refractivity contribution is 5.93. The fourth-order valence-corrected chi connectivity index (χ4v) is 3.35. The van der Waals surface area contributed by atoms with Gasteiger partial charge in [-0.2, -0.15) is 5.10 Å². The van der Waals surface area contributed by atoms with Gasteiger partial charge >= 0.3 is 0 Å². The van der Waals surface area contributed by atoms with Gasteiger partial charge in [0, 0.05) is 46.3 Å². The van der Waals surface area contributed by atoms with Crippen molar-refractivity contribution in [2.45, 2.75) is 0 Å². The van der Waals surface area contributed by atoms with E-state index in [0.717, 1.165) is 18.8 Å². The molecule has 3 aromatic rings. The van der Waals surface area contributed by atoms with Gasteiger partial charge in [-0.15, -0.1) is 10.2 Å². The molecule has 0 bridgehead atoms. The van der Waals surface area contributed by atoms with Gasteiger partial charge < -0.3 is 19.4 Å². The van der Waals surface area contributed by atoms with Crippen LogP contribution in [0.3, 0.4) is 0 Å². The van der Waals surface area contributed by atoms with E-state index in [4.69, 9.17) is 4.74 Å². The minimum atomic E-state index is -0.0977. The first-order valence-corrected chi connectivity index (χ1v) is 10.1. The van der Waals surface area contributed by atoms with Crippen LogP contribution < -0.4 is 9.64 Å². The Kier molecular flexibility index (Phi) is 5.81. The average molecular weight is 422 g/mol. The number of likely N-dealkylation sites (N-methyl/N-ethyl adjacent to an activating group) is 1. The van der Waals surface area contributed by atoms with E-state index < -0.39 is 0 Å². The third kappa shape index (κ3) is 4.33. The number of rotatable bonds is 5. The summed E-state index contributed by atoms with van der Waals surface area (Å²) in [4.78, 5) is 23.7. The quantitative estimate of drug-likeness (QED) is 0.605. The van der Waals surface area contributed by atoms with E-state index >= 15 is 0 Å². The van der Waals surface area contributed by atoms with Crippen LogP contribution in [0.15, 0.2) is 36.5 Å². The van der Waals surface area contributed by atoms with E-state index in [0.29, 0.717) is 41.9 Å². The first-order valence-electron chi connectivity index (χ1n) is 10.1. The molecule has 1 aliphatic heterocycles. The smallest absolute Gasteiger partial charge is 0.274 e. The molecule has 1 fully saturated rings. The van der Waals surface area contributed by atoms with E-state index in [9.17, 15) is 4.79 Å². The number of carbonyl (C=O) groups excluding carboxylic acids is 1. The minimum Gasteiger partial charge on any atom is -0.480 e. The topological polar surface area (TPSA) is 92.5 Å². The van der Waals surface area contributed by atoms with Gasteiger partial charge in [-0.05, 0) is 31.3 Å². The molecule has 0 N–H and O–H groups in total. The number of hydrogen-bond donors (Lipinski definition) is 0. The van der Waals surface area contributed by atoms with Crippen molar-refractivity contribution >= 4 is 11.6 Å². The van der Waals surface area contributed by atoms with Crippen LogP contribution in [0.25, 0.3) is 17.2 Å². The standard InChI is InChI=1S/C21H26N8O2/c1-26(2)15-5-6-16(22-14-15)18-13-17(21(30)28-11-9-27(3)10-12-28)25-29(18)19-7-8-20(31-4)24-23-19/h5-8,13-14H,9-12H2,1-4H3. The average Bonchev–Trinajstić information content (AvgIpc) is 3.24. The lowest BCUT2D eigenvalue weighted by atomic mass is 10.2. The molecule has 1 amide bonds. The zero-order valence-electron chi connectivity index (χ0n) is 18.2. The Balaban J connectivity index is 1.73. The summed E-state index contributed by atoms with van der Waals surface area (Å²) in [7, 11) is 7.51. The van der Waals surface area contributed by atoms with Gasteiger partial charge in [0.25, 0.3) is 5.91 Å². The molecule has 1 saturated heterocycles. The van der Waals surface area contributed by atoms with Gasteiger partial charge in [0.15, 0.2) is 11.5 Å². The zero-order chi connectivity index (χ0) is 22.0. The van der Waals surface area contributed by atoms with Gasteiger partial charge in [-0.1, -0.05) is 0 Å². The second kappa shape index (κ2) is 8.68. The third-order valence-electron chi connectivity index (χ3n) is 5.30. The molecule has 4 rings (SSSR count). The molecule has 31 heavy (non-hydrogen) atoms. The molecule has 4 heterocycles. The van der Waals surface area contributed by atoms with Gasteiger partial charge in [0.05, 0.1) is 30.4 Å². The second-order valence-corrected chi connectivity index (χ2v) is 7.65. The highest BCUT2D eigenvalue weighted by atomic mass is 16.5. The van der Waals surface area contributed by atoms with Gasteiger partial charge in [0.2, 0.25) is 5.88 Å². The van der Waals surface area contributed by atoms with Crippen molar-refractivity contribution in [3.05, 3.63) is 42.2 Å². The van der Waals surface area contributed by atoms with Crippen LogP contribution in [-0.4, -0.2) is 95.1 Å². The van der Waals surface area contributed by atoms with Crippen molar-refractivity contribution in [1.29, 1.82) is 0 Å². The predicted octanol–water partition coefficient (Wildman–Crippen LogP) is 1.19. The van der Waals surface area contributed by atoms with Crippen molar-refractivity contribution in [3.8, 4) is 23.1 Å². The summed E-state index contributed by atoms with van der Waals surface area (Å²) in [5, 5.41) is 12.8. The van der Waals surface area contributed by atoms with Crippen LogP contribution in [0.5, 0.6) is 5.88 Å². The summed E-state index contributed by atoms with van der Waals surface area (Å²) in [6.45, 7) is 3.04. The Morgan fingerprint density at radius 1 is 1.06 bits per heavy atom. The number of pyridine rings is 1. The fraction of sp³-hybridized carbons (Fsp3) is 0.381. The molecule has 0 aliphatic carbocycles. The van der Waals surface area contributed by atoms with Crippen LogP contribution in [0.4, 0.5) is 5.69 Å².